The van der Waals surface area contributed by atoms with E-state index in [4.69, 9.17) is 5.11 Å². The van der Waals surface area contributed by atoms with E-state index in [1.807, 2.05) is 0 Å². The fourth-order valence-electron chi connectivity index (χ4n) is 0.840. The molecule has 0 radical (unpaired) electrons. The normalized spacial score (nSPS) is 10.9. The lowest BCUT2D eigenvalue weighted by molar-refractivity contribution is 0.343. The molecule has 0 heterocycles. The molecule has 0 atom stereocenters. The van der Waals surface area contributed by atoms with Gasteiger partial charge in [-0.25, -0.2) is 4.39 Å². The van der Waals surface area contributed by atoms with Crippen molar-refractivity contribution in [3.8, 4) is 0 Å². The molecule has 64 valence electrons. The molecule has 0 bridgehead atoms. The highest BCUT2D eigenvalue weighted by Crippen LogP contribution is 2.20. The van der Waals surface area contributed by atoms with Gasteiger partial charge in [-0.3, -0.25) is 0 Å². The minimum absolute atomic E-state index is 0.0826. The number of halogens is 2. The summed E-state index contributed by atoms with van der Waals surface area (Å²) in [6, 6.07) is 4.75. The third-order valence-electron chi connectivity index (χ3n) is 1.39. The van der Waals surface area contributed by atoms with Crippen LogP contribution in [0.15, 0.2) is 28.7 Å². The van der Waals surface area contributed by atoms with Crippen LogP contribution < -0.4 is 0 Å². The van der Waals surface area contributed by atoms with Gasteiger partial charge in [-0.05, 0) is 12.1 Å². The molecular weight excluding hydrogens is 223 g/mol. The maximum atomic E-state index is 13.0. The van der Waals surface area contributed by atoms with E-state index >= 15 is 0 Å². The van der Waals surface area contributed by atoms with Gasteiger partial charge in [0.1, 0.15) is 5.82 Å². The predicted octanol–water partition coefficient (Wildman–Crippen LogP) is 2.59. The summed E-state index contributed by atoms with van der Waals surface area (Å²) in [4.78, 5) is 0. The van der Waals surface area contributed by atoms with Crippen LogP contribution in [0.4, 0.5) is 4.39 Å². The maximum Gasteiger partial charge on any atom is 0.131 e. The van der Waals surface area contributed by atoms with Crippen LogP contribution in [0.1, 0.15) is 5.56 Å². The summed E-state index contributed by atoms with van der Waals surface area (Å²) in [6.45, 7) is -0.0826. The Morgan fingerprint density at radius 1 is 1.50 bits per heavy atom. The molecule has 3 heteroatoms. The molecule has 0 unspecified atom stereocenters. The zero-order valence-corrected chi connectivity index (χ0v) is 7.88. The number of hydrogen-bond donors (Lipinski definition) is 1. The highest BCUT2D eigenvalue weighted by Gasteiger charge is 2.00. The number of rotatable bonds is 2. The Morgan fingerprint density at radius 2 is 2.25 bits per heavy atom. The average Bonchev–Trinajstić information content (AvgIpc) is 2.04. The minimum Gasteiger partial charge on any atom is -0.392 e. The van der Waals surface area contributed by atoms with Gasteiger partial charge in [0.25, 0.3) is 0 Å². The van der Waals surface area contributed by atoms with Crippen LogP contribution in [0.25, 0.3) is 6.08 Å². The monoisotopic (exact) mass is 230 g/mol. The maximum absolute atomic E-state index is 13.0. The summed E-state index contributed by atoms with van der Waals surface area (Å²) in [5.41, 5.74) is 0.464. The van der Waals surface area contributed by atoms with Crippen LogP contribution in [-0.4, -0.2) is 11.7 Å². The Morgan fingerprint density at radius 3 is 2.83 bits per heavy atom. The number of aliphatic hydroxyl groups is 1. The summed E-state index contributed by atoms with van der Waals surface area (Å²) in [5, 5.41) is 8.48. The van der Waals surface area contributed by atoms with Gasteiger partial charge in [0, 0.05) is 10.0 Å². The first-order valence-electron chi connectivity index (χ1n) is 3.47. The van der Waals surface area contributed by atoms with E-state index in [-0.39, 0.29) is 12.4 Å². The molecule has 1 rings (SSSR count). The van der Waals surface area contributed by atoms with Crippen LogP contribution in [0.3, 0.4) is 0 Å². The first-order valence-corrected chi connectivity index (χ1v) is 4.26. The third-order valence-corrected chi connectivity index (χ3v) is 2.08. The lowest BCUT2D eigenvalue weighted by atomic mass is 10.2. The number of hydrogen-bond acceptors (Lipinski definition) is 1. The second kappa shape index (κ2) is 4.38. The van der Waals surface area contributed by atoms with E-state index in [2.05, 4.69) is 15.9 Å². The predicted molar refractivity (Wildman–Crippen MR) is 50.2 cm³/mol. The first-order chi connectivity index (χ1) is 5.75. The Hall–Kier alpha value is -0.670. The van der Waals surface area contributed by atoms with Crippen LogP contribution in [-0.2, 0) is 0 Å². The largest absolute Gasteiger partial charge is 0.392 e. The van der Waals surface area contributed by atoms with Gasteiger partial charge in [0.05, 0.1) is 6.61 Å². The molecule has 0 aromatic heterocycles. The summed E-state index contributed by atoms with van der Waals surface area (Å²) >= 11 is 3.20. The number of aliphatic hydroxyl groups excluding tert-OH is 1. The van der Waals surface area contributed by atoms with Gasteiger partial charge < -0.3 is 5.11 Å². The SMILES string of the molecule is OCC=Cc1c(F)cccc1Br. The van der Waals surface area contributed by atoms with Crippen LogP contribution >= 0.6 is 15.9 Å². The van der Waals surface area contributed by atoms with E-state index in [9.17, 15) is 4.39 Å². The minimum atomic E-state index is -0.297. The van der Waals surface area contributed by atoms with Crippen LogP contribution in [0.5, 0.6) is 0 Å². The molecule has 1 N–H and O–H groups in total. The van der Waals surface area contributed by atoms with Gasteiger partial charge in [-0.2, -0.15) is 0 Å². The molecule has 1 aromatic carbocycles. The zero-order chi connectivity index (χ0) is 8.97. The number of benzene rings is 1. The van der Waals surface area contributed by atoms with Gasteiger partial charge in [0.15, 0.2) is 0 Å². The van der Waals surface area contributed by atoms with E-state index in [0.717, 1.165) is 0 Å². The Bertz CT molecular complexity index is 276. The van der Waals surface area contributed by atoms with E-state index in [0.29, 0.717) is 10.0 Å². The molecule has 0 aliphatic carbocycles. The zero-order valence-electron chi connectivity index (χ0n) is 6.30. The molecule has 0 aliphatic heterocycles. The van der Waals surface area contributed by atoms with Crippen molar-refractivity contribution in [2.24, 2.45) is 0 Å². The summed E-state index contributed by atoms with van der Waals surface area (Å²) in [6.07, 6.45) is 3.03. The summed E-state index contributed by atoms with van der Waals surface area (Å²) in [7, 11) is 0. The quantitative estimate of drug-likeness (QED) is 0.829. The fraction of sp³-hybridized carbons (Fsp3) is 0.111. The summed E-state index contributed by atoms with van der Waals surface area (Å²) in [5.74, 6) is -0.297. The first kappa shape index (κ1) is 9.42. The van der Waals surface area contributed by atoms with E-state index in [1.54, 1.807) is 18.2 Å². The highest BCUT2D eigenvalue weighted by atomic mass is 79.9. The lowest BCUT2D eigenvalue weighted by Crippen LogP contribution is -1.83. The van der Waals surface area contributed by atoms with Gasteiger partial charge in [0.2, 0.25) is 0 Å². The average molecular weight is 231 g/mol. The topological polar surface area (TPSA) is 20.2 Å². The standard InChI is InChI=1S/C9H8BrFO/c10-8-4-1-5-9(11)7(8)3-2-6-12/h1-5,12H,6H2. The van der Waals surface area contributed by atoms with Crippen molar-refractivity contribution in [1.29, 1.82) is 0 Å². The fourth-order valence-corrected chi connectivity index (χ4v) is 1.31. The third kappa shape index (κ3) is 2.16. The molecule has 0 fully saturated rings. The molecule has 0 saturated carbocycles. The molecular formula is C9H8BrFO. The van der Waals surface area contributed by atoms with Crippen molar-refractivity contribution in [2.45, 2.75) is 0 Å². The molecule has 12 heavy (non-hydrogen) atoms. The van der Waals surface area contributed by atoms with Crippen molar-refractivity contribution >= 4 is 22.0 Å². The summed E-state index contributed by atoms with van der Waals surface area (Å²) < 4.78 is 13.7. The van der Waals surface area contributed by atoms with E-state index in [1.165, 1.54) is 12.1 Å². The Kier molecular flexibility index (Phi) is 3.44. The smallest absolute Gasteiger partial charge is 0.131 e. The Balaban J connectivity index is 3.04. The van der Waals surface area contributed by atoms with Crippen molar-refractivity contribution in [1.82, 2.24) is 0 Å². The Labute approximate surface area is 78.7 Å². The van der Waals surface area contributed by atoms with Gasteiger partial charge in [-0.1, -0.05) is 34.1 Å². The van der Waals surface area contributed by atoms with Crippen LogP contribution in [0, 0.1) is 5.82 Å². The van der Waals surface area contributed by atoms with Crippen molar-refractivity contribution in [2.75, 3.05) is 6.61 Å². The van der Waals surface area contributed by atoms with Crippen molar-refractivity contribution in [3.05, 3.63) is 40.1 Å². The highest BCUT2D eigenvalue weighted by molar-refractivity contribution is 9.10. The lowest BCUT2D eigenvalue weighted by Gasteiger charge is -1.98. The molecule has 0 amide bonds. The van der Waals surface area contributed by atoms with Gasteiger partial charge in [-0.15, -0.1) is 0 Å². The second-order valence-electron chi connectivity index (χ2n) is 2.22. The molecule has 0 aliphatic rings. The van der Waals surface area contributed by atoms with Crippen molar-refractivity contribution in [3.63, 3.8) is 0 Å². The molecule has 1 aromatic rings. The molecule has 1 nitrogen and oxygen atoms in total. The van der Waals surface area contributed by atoms with Crippen LogP contribution in [0.2, 0.25) is 0 Å². The van der Waals surface area contributed by atoms with Crippen molar-refractivity contribution < 1.29 is 9.50 Å². The molecule has 0 spiro atoms. The second-order valence-corrected chi connectivity index (χ2v) is 3.07. The molecule has 0 saturated heterocycles. The van der Waals surface area contributed by atoms with Gasteiger partial charge >= 0.3 is 0 Å². The van der Waals surface area contributed by atoms with E-state index < -0.39 is 0 Å².